The van der Waals surface area contributed by atoms with Gasteiger partial charge in [-0.15, -0.1) is 0 Å². The molecule has 7 heteroatoms. The zero-order valence-corrected chi connectivity index (χ0v) is 14.3. The van der Waals surface area contributed by atoms with Gasteiger partial charge in [0.1, 0.15) is 5.60 Å². The Morgan fingerprint density at radius 2 is 2.04 bits per heavy atom. The standard InChI is InChI=1S/C16H21ClN2O4/c1-16(2,3)23-15(20)19-5-4-10(8-19)18-12-7-14-13(6-11(12)17)21-9-22-14/h6-7,10,18H,4-5,8-9H2,1-3H3. The molecule has 23 heavy (non-hydrogen) atoms. The number of hydrogen-bond donors (Lipinski definition) is 1. The second-order valence-corrected chi connectivity index (χ2v) is 7.15. The third kappa shape index (κ3) is 3.75. The van der Waals surface area contributed by atoms with Gasteiger partial charge in [-0.2, -0.15) is 0 Å². The van der Waals surface area contributed by atoms with Crippen LogP contribution < -0.4 is 14.8 Å². The van der Waals surface area contributed by atoms with Gasteiger partial charge in [0.15, 0.2) is 11.5 Å². The summed E-state index contributed by atoms with van der Waals surface area (Å²) in [6.45, 7) is 7.05. The first-order chi connectivity index (χ1) is 10.8. The van der Waals surface area contributed by atoms with E-state index in [4.69, 9.17) is 25.8 Å². The molecule has 0 aliphatic carbocycles. The number of amides is 1. The maximum absolute atomic E-state index is 12.1. The third-order valence-electron chi connectivity index (χ3n) is 3.66. The molecule has 1 aromatic rings. The Hall–Kier alpha value is -1.82. The maximum Gasteiger partial charge on any atom is 0.410 e. The molecule has 1 aromatic carbocycles. The second kappa shape index (κ2) is 6.00. The molecule has 6 nitrogen and oxygen atoms in total. The number of fused-ring (bicyclic) bond motifs is 1. The monoisotopic (exact) mass is 340 g/mol. The molecule has 2 aliphatic heterocycles. The van der Waals surface area contributed by atoms with Crippen LogP contribution in [-0.2, 0) is 4.74 Å². The van der Waals surface area contributed by atoms with Crippen LogP contribution in [0.25, 0.3) is 0 Å². The number of nitrogens with one attached hydrogen (secondary N) is 1. The highest BCUT2D eigenvalue weighted by Gasteiger charge is 2.30. The molecule has 1 atom stereocenters. The fraction of sp³-hybridized carbons (Fsp3) is 0.562. The lowest BCUT2D eigenvalue weighted by molar-refractivity contribution is 0.0293. The lowest BCUT2D eigenvalue weighted by atomic mass is 10.2. The van der Waals surface area contributed by atoms with Gasteiger partial charge in [-0.3, -0.25) is 0 Å². The Morgan fingerprint density at radius 1 is 1.35 bits per heavy atom. The Labute approximate surface area is 140 Å². The average Bonchev–Trinajstić information content (AvgIpc) is 3.06. The highest BCUT2D eigenvalue weighted by Crippen LogP contribution is 2.39. The summed E-state index contributed by atoms with van der Waals surface area (Å²) in [6, 6.07) is 3.70. The van der Waals surface area contributed by atoms with E-state index in [9.17, 15) is 4.79 Å². The quantitative estimate of drug-likeness (QED) is 0.893. The first-order valence-corrected chi connectivity index (χ1v) is 8.03. The molecule has 1 fully saturated rings. The minimum Gasteiger partial charge on any atom is -0.454 e. The molecule has 0 radical (unpaired) electrons. The number of likely N-dealkylation sites (tertiary alicyclic amines) is 1. The summed E-state index contributed by atoms with van der Waals surface area (Å²) < 4.78 is 16.1. The molecular weight excluding hydrogens is 320 g/mol. The minimum absolute atomic E-state index is 0.125. The van der Waals surface area contributed by atoms with Crippen LogP contribution in [0.3, 0.4) is 0 Å². The van der Waals surface area contributed by atoms with E-state index >= 15 is 0 Å². The normalized spacial score (nSPS) is 19.8. The molecule has 126 valence electrons. The van der Waals surface area contributed by atoms with Crippen molar-refractivity contribution in [1.29, 1.82) is 0 Å². The Kier molecular flexibility index (Phi) is 4.19. The van der Waals surface area contributed by atoms with Gasteiger partial charge in [-0.1, -0.05) is 11.6 Å². The van der Waals surface area contributed by atoms with Crippen molar-refractivity contribution in [3.05, 3.63) is 17.2 Å². The van der Waals surface area contributed by atoms with E-state index in [1.54, 1.807) is 11.0 Å². The van der Waals surface area contributed by atoms with E-state index < -0.39 is 5.60 Å². The van der Waals surface area contributed by atoms with Crippen molar-refractivity contribution in [3.63, 3.8) is 0 Å². The van der Waals surface area contributed by atoms with Crippen LogP contribution in [0.4, 0.5) is 10.5 Å². The van der Waals surface area contributed by atoms with E-state index in [0.29, 0.717) is 29.6 Å². The summed E-state index contributed by atoms with van der Waals surface area (Å²) in [7, 11) is 0. The Balaban J connectivity index is 1.61. The number of benzene rings is 1. The summed E-state index contributed by atoms with van der Waals surface area (Å²) in [5.41, 5.74) is 0.301. The van der Waals surface area contributed by atoms with Crippen molar-refractivity contribution < 1.29 is 19.0 Å². The van der Waals surface area contributed by atoms with Crippen molar-refractivity contribution in [2.45, 2.75) is 38.8 Å². The van der Waals surface area contributed by atoms with Gasteiger partial charge in [0.05, 0.1) is 10.7 Å². The smallest absolute Gasteiger partial charge is 0.410 e. The maximum atomic E-state index is 12.1. The van der Waals surface area contributed by atoms with Gasteiger partial charge in [0.25, 0.3) is 0 Å². The molecule has 0 bridgehead atoms. The molecule has 0 spiro atoms. The fourth-order valence-corrected chi connectivity index (χ4v) is 2.83. The van der Waals surface area contributed by atoms with Crippen molar-refractivity contribution in [2.75, 3.05) is 25.2 Å². The largest absolute Gasteiger partial charge is 0.454 e. The zero-order valence-electron chi connectivity index (χ0n) is 13.5. The van der Waals surface area contributed by atoms with E-state index in [1.807, 2.05) is 26.8 Å². The van der Waals surface area contributed by atoms with Crippen molar-refractivity contribution in [1.82, 2.24) is 4.90 Å². The first kappa shape index (κ1) is 16.1. The molecule has 0 aromatic heterocycles. The molecule has 1 N–H and O–H groups in total. The summed E-state index contributed by atoms with van der Waals surface area (Å²) in [4.78, 5) is 13.8. The lowest BCUT2D eigenvalue weighted by Gasteiger charge is -2.24. The van der Waals surface area contributed by atoms with Gasteiger partial charge in [-0.05, 0) is 27.2 Å². The number of halogens is 1. The molecule has 3 rings (SSSR count). The molecule has 1 saturated heterocycles. The SMILES string of the molecule is CC(C)(C)OC(=O)N1CCC(Nc2cc3c(cc2Cl)OCO3)C1. The van der Waals surface area contributed by atoms with Gasteiger partial charge in [-0.25, -0.2) is 4.79 Å². The lowest BCUT2D eigenvalue weighted by Crippen LogP contribution is -2.36. The van der Waals surface area contributed by atoms with E-state index in [-0.39, 0.29) is 18.9 Å². The van der Waals surface area contributed by atoms with Crippen LogP contribution in [0.5, 0.6) is 11.5 Å². The number of nitrogens with zero attached hydrogens (tertiary/aromatic N) is 1. The number of ether oxygens (including phenoxy) is 3. The Morgan fingerprint density at radius 3 is 2.74 bits per heavy atom. The summed E-state index contributed by atoms with van der Waals surface area (Å²) >= 11 is 6.27. The van der Waals surface area contributed by atoms with Crippen molar-refractivity contribution >= 4 is 23.4 Å². The predicted molar refractivity (Wildman–Crippen MR) is 87.4 cm³/mol. The van der Waals surface area contributed by atoms with Crippen molar-refractivity contribution in [2.24, 2.45) is 0 Å². The number of rotatable bonds is 2. The van der Waals surface area contributed by atoms with E-state index in [0.717, 1.165) is 12.1 Å². The molecule has 2 aliphatic rings. The summed E-state index contributed by atoms with van der Waals surface area (Å²) in [6.07, 6.45) is 0.558. The average molecular weight is 341 g/mol. The van der Waals surface area contributed by atoms with Gasteiger partial charge in [0.2, 0.25) is 6.79 Å². The number of anilines is 1. The second-order valence-electron chi connectivity index (χ2n) is 6.74. The minimum atomic E-state index is -0.483. The predicted octanol–water partition coefficient (Wildman–Crippen LogP) is 3.49. The fourth-order valence-electron chi connectivity index (χ4n) is 2.62. The first-order valence-electron chi connectivity index (χ1n) is 7.65. The van der Waals surface area contributed by atoms with Gasteiger partial charge < -0.3 is 24.4 Å². The Bertz CT molecular complexity index is 615. The highest BCUT2D eigenvalue weighted by atomic mass is 35.5. The molecule has 2 heterocycles. The van der Waals surface area contributed by atoms with Gasteiger partial charge >= 0.3 is 6.09 Å². The van der Waals surface area contributed by atoms with Crippen LogP contribution in [-0.4, -0.2) is 42.5 Å². The topological polar surface area (TPSA) is 60.0 Å². The van der Waals surface area contributed by atoms with Crippen LogP contribution in [0.15, 0.2) is 12.1 Å². The molecular formula is C16H21ClN2O4. The number of carbonyl (C=O) groups is 1. The summed E-state index contributed by atoms with van der Waals surface area (Å²) in [5.74, 6) is 1.33. The van der Waals surface area contributed by atoms with Gasteiger partial charge in [0, 0.05) is 31.3 Å². The molecule has 1 amide bonds. The molecule has 0 saturated carbocycles. The number of carbonyl (C=O) groups excluding carboxylic acids is 1. The summed E-state index contributed by atoms with van der Waals surface area (Å²) in [5, 5.41) is 3.94. The van der Waals surface area contributed by atoms with Crippen molar-refractivity contribution in [3.8, 4) is 11.5 Å². The van der Waals surface area contributed by atoms with Crippen LogP contribution >= 0.6 is 11.6 Å². The third-order valence-corrected chi connectivity index (χ3v) is 3.97. The highest BCUT2D eigenvalue weighted by molar-refractivity contribution is 6.33. The number of hydrogen-bond acceptors (Lipinski definition) is 5. The van der Waals surface area contributed by atoms with Crippen LogP contribution in [0, 0.1) is 0 Å². The van der Waals surface area contributed by atoms with E-state index in [2.05, 4.69) is 5.32 Å². The van der Waals surface area contributed by atoms with Crippen LogP contribution in [0.1, 0.15) is 27.2 Å². The molecule has 1 unspecified atom stereocenters. The van der Waals surface area contributed by atoms with Crippen LogP contribution in [0.2, 0.25) is 5.02 Å². The van der Waals surface area contributed by atoms with E-state index in [1.165, 1.54) is 0 Å². The zero-order chi connectivity index (χ0) is 16.6.